The zero-order chi connectivity index (χ0) is 15.8. The van der Waals surface area contributed by atoms with Gasteiger partial charge in [-0.25, -0.2) is 8.78 Å². The Kier molecular flexibility index (Phi) is 4.52. The second-order valence-corrected chi connectivity index (χ2v) is 6.42. The van der Waals surface area contributed by atoms with Crippen LogP contribution in [0, 0.1) is 11.6 Å². The first kappa shape index (κ1) is 16.5. The highest BCUT2D eigenvalue weighted by Gasteiger charge is 2.52. The molecule has 114 valence electrons. The van der Waals surface area contributed by atoms with Gasteiger partial charge in [0, 0.05) is 11.3 Å². The second-order valence-electron chi connectivity index (χ2n) is 6.11. The molecule has 1 heterocycles. The SMILES string of the molecule is CC1(C)OB(C(=Cc2cccc(F)c2F)CS)OC1(C)C. The first-order valence-corrected chi connectivity index (χ1v) is 7.42. The molecule has 1 aromatic carbocycles. The molecule has 1 aliphatic heterocycles. The first-order valence-electron chi connectivity index (χ1n) is 6.79. The van der Waals surface area contributed by atoms with Gasteiger partial charge in [0.05, 0.1) is 11.2 Å². The average Bonchev–Trinajstić information content (AvgIpc) is 2.60. The molecule has 2 rings (SSSR count). The van der Waals surface area contributed by atoms with Gasteiger partial charge < -0.3 is 9.31 Å². The Balaban J connectivity index is 2.33. The Morgan fingerprint density at radius 2 is 1.76 bits per heavy atom. The summed E-state index contributed by atoms with van der Waals surface area (Å²) in [5, 5.41) is 0. The van der Waals surface area contributed by atoms with E-state index in [-0.39, 0.29) is 5.56 Å². The fourth-order valence-electron chi connectivity index (χ4n) is 2.01. The van der Waals surface area contributed by atoms with E-state index in [1.807, 2.05) is 27.7 Å². The Morgan fingerprint density at radius 1 is 1.19 bits per heavy atom. The molecule has 1 saturated heterocycles. The summed E-state index contributed by atoms with van der Waals surface area (Å²) in [7, 11) is -0.616. The molecule has 0 aromatic heterocycles. The Bertz CT molecular complexity index is 557. The van der Waals surface area contributed by atoms with Crippen molar-refractivity contribution in [1.29, 1.82) is 0 Å². The fourth-order valence-corrected chi connectivity index (χ4v) is 2.25. The van der Waals surface area contributed by atoms with E-state index in [0.717, 1.165) is 6.07 Å². The molecule has 0 radical (unpaired) electrons. The highest BCUT2D eigenvalue weighted by atomic mass is 32.1. The molecule has 0 saturated carbocycles. The zero-order valence-corrected chi connectivity index (χ0v) is 13.5. The van der Waals surface area contributed by atoms with Crippen molar-refractivity contribution in [2.75, 3.05) is 5.75 Å². The van der Waals surface area contributed by atoms with Gasteiger partial charge in [0.2, 0.25) is 0 Å². The standard InChI is InChI=1S/C15H19BF2O2S/c1-14(2)15(3,4)20-16(19-14)11(9-21)8-10-6-5-7-12(17)13(10)18/h5-8,21H,9H2,1-4H3. The molecule has 1 aliphatic rings. The van der Waals surface area contributed by atoms with Gasteiger partial charge in [-0.3, -0.25) is 0 Å². The van der Waals surface area contributed by atoms with E-state index in [1.54, 1.807) is 0 Å². The summed E-state index contributed by atoms with van der Waals surface area (Å²) in [6, 6.07) is 4.06. The Hall–Kier alpha value is -0.845. The van der Waals surface area contributed by atoms with Crippen molar-refractivity contribution in [3.8, 4) is 0 Å². The lowest BCUT2D eigenvalue weighted by Crippen LogP contribution is -2.41. The van der Waals surface area contributed by atoms with E-state index >= 15 is 0 Å². The molecule has 0 aliphatic carbocycles. The van der Waals surface area contributed by atoms with Crippen molar-refractivity contribution in [2.24, 2.45) is 0 Å². The van der Waals surface area contributed by atoms with Gasteiger partial charge in [0.15, 0.2) is 11.6 Å². The molecule has 0 amide bonds. The van der Waals surface area contributed by atoms with Crippen LogP contribution in [0.2, 0.25) is 0 Å². The van der Waals surface area contributed by atoms with Crippen LogP contribution in [-0.4, -0.2) is 24.1 Å². The average molecular weight is 312 g/mol. The highest BCUT2D eigenvalue weighted by molar-refractivity contribution is 7.80. The van der Waals surface area contributed by atoms with Crippen LogP contribution in [0.5, 0.6) is 0 Å². The smallest absolute Gasteiger partial charge is 0.400 e. The van der Waals surface area contributed by atoms with Gasteiger partial charge >= 0.3 is 7.12 Å². The second kappa shape index (κ2) is 5.74. The molecule has 6 heteroatoms. The minimum absolute atomic E-state index is 0.161. The molecule has 0 bridgehead atoms. The number of rotatable bonds is 3. The van der Waals surface area contributed by atoms with Crippen molar-refractivity contribution in [2.45, 2.75) is 38.9 Å². The third kappa shape index (κ3) is 3.17. The Morgan fingerprint density at radius 3 is 2.29 bits per heavy atom. The summed E-state index contributed by atoms with van der Waals surface area (Å²) in [4.78, 5) is 0. The molecular formula is C15H19BF2O2S. The van der Waals surface area contributed by atoms with E-state index in [1.165, 1.54) is 18.2 Å². The van der Waals surface area contributed by atoms with Crippen molar-refractivity contribution >= 4 is 25.8 Å². The summed E-state index contributed by atoms with van der Waals surface area (Å²) < 4.78 is 38.8. The predicted molar refractivity (Wildman–Crippen MR) is 84.3 cm³/mol. The minimum atomic E-state index is -0.881. The zero-order valence-electron chi connectivity index (χ0n) is 12.6. The minimum Gasteiger partial charge on any atom is -0.400 e. The third-order valence-electron chi connectivity index (χ3n) is 4.06. The molecule has 21 heavy (non-hydrogen) atoms. The number of thiol groups is 1. The van der Waals surface area contributed by atoms with Crippen molar-refractivity contribution < 1.29 is 18.1 Å². The summed E-state index contributed by atoms with van der Waals surface area (Å²) in [6.07, 6.45) is 1.54. The van der Waals surface area contributed by atoms with Crippen LogP contribution in [0.3, 0.4) is 0 Å². The van der Waals surface area contributed by atoms with Gasteiger partial charge in [-0.1, -0.05) is 18.2 Å². The predicted octanol–water partition coefficient (Wildman–Crippen LogP) is 3.91. The number of benzene rings is 1. The molecule has 0 N–H and O–H groups in total. The largest absolute Gasteiger partial charge is 0.491 e. The van der Waals surface area contributed by atoms with Gasteiger partial charge in [0.1, 0.15) is 0 Å². The maximum atomic E-state index is 13.8. The number of hydrogen-bond acceptors (Lipinski definition) is 3. The normalized spacial score (nSPS) is 20.9. The van der Waals surface area contributed by atoms with Crippen LogP contribution in [0.1, 0.15) is 33.3 Å². The molecule has 0 spiro atoms. The molecule has 1 fully saturated rings. The number of halogens is 2. The van der Waals surface area contributed by atoms with E-state index in [0.29, 0.717) is 11.2 Å². The molecular weight excluding hydrogens is 293 g/mol. The van der Waals surface area contributed by atoms with Crippen molar-refractivity contribution in [1.82, 2.24) is 0 Å². The quantitative estimate of drug-likeness (QED) is 0.674. The number of hydrogen-bond donors (Lipinski definition) is 1. The van der Waals surface area contributed by atoms with Crippen LogP contribution in [-0.2, 0) is 9.31 Å². The topological polar surface area (TPSA) is 18.5 Å². The molecule has 1 aromatic rings. The van der Waals surface area contributed by atoms with Gasteiger partial charge in [0.25, 0.3) is 0 Å². The Labute approximate surface area is 130 Å². The molecule has 2 nitrogen and oxygen atoms in total. The highest BCUT2D eigenvalue weighted by Crippen LogP contribution is 2.39. The summed E-state index contributed by atoms with van der Waals surface area (Å²) in [5.74, 6) is -1.43. The van der Waals surface area contributed by atoms with E-state index in [2.05, 4.69) is 12.6 Å². The van der Waals surface area contributed by atoms with Crippen LogP contribution >= 0.6 is 12.6 Å². The van der Waals surface area contributed by atoms with E-state index in [4.69, 9.17) is 9.31 Å². The monoisotopic (exact) mass is 312 g/mol. The lowest BCUT2D eigenvalue weighted by Gasteiger charge is -2.32. The fraction of sp³-hybridized carbons (Fsp3) is 0.467. The van der Waals surface area contributed by atoms with Crippen LogP contribution < -0.4 is 0 Å². The van der Waals surface area contributed by atoms with E-state index in [9.17, 15) is 8.78 Å². The van der Waals surface area contributed by atoms with Crippen molar-refractivity contribution in [3.05, 3.63) is 40.9 Å². The van der Waals surface area contributed by atoms with Gasteiger partial charge in [-0.05, 0) is 39.2 Å². The third-order valence-corrected chi connectivity index (χ3v) is 4.43. The van der Waals surface area contributed by atoms with E-state index < -0.39 is 30.0 Å². The van der Waals surface area contributed by atoms with Crippen LogP contribution in [0.4, 0.5) is 8.78 Å². The van der Waals surface area contributed by atoms with Crippen LogP contribution in [0.15, 0.2) is 23.7 Å². The van der Waals surface area contributed by atoms with Crippen LogP contribution in [0.25, 0.3) is 6.08 Å². The molecule has 0 unspecified atom stereocenters. The first-order chi connectivity index (χ1) is 9.68. The summed E-state index contributed by atoms with van der Waals surface area (Å²) in [5.41, 5.74) is -0.157. The maximum Gasteiger partial charge on any atom is 0.491 e. The summed E-state index contributed by atoms with van der Waals surface area (Å²) in [6.45, 7) is 7.75. The van der Waals surface area contributed by atoms with Gasteiger partial charge in [-0.2, -0.15) is 12.6 Å². The van der Waals surface area contributed by atoms with Gasteiger partial charge in [-0.15, -0.1) is 0 Å². The lowest BCUT2D eigenvalue weighted by atomic mass is 9.78. The maximum absolute atomic E-state index is 13.8. The van der Waals surface area contributed by atoms with Crippen molar-refractivity contribution in [3.63, 3.8) is 0 Å². The summed E-state index contributed by atoms with van der Waals surface area (Å²) >= 11 is 4.25. The lowest BCUT2D eigenvalue weighted by molar-refractivity contribution is 0.00578. The molecule has 0 atom stereocenters.